The number of carboxylic acids is 2. The molecule has 1 atom stereocenters. The molecular weight excluding hydrogens is 334 g/mol. The molecule has 0 aromatic rings. The van der Waals surface area contributed by atoms with Crippen molar-refractivity contribution in [3.05, 3.63) is 11.1 Å². The molecule has 0 aliphatic carbocycles. The molecule has 26 heavy (non-hydrogen) atoms. The zero-order chi connectivity index (χ0) is 19.4. The predicted octanol–water partition coefficient (Wildman–Crippen LogP) is 3.56. The minimum Gasteiger partial charge on any atom is -0.478 e. The second kappa shape index (κ2) is 12.9. The zero-order valence-electron chi connectivity index (χ0n) is 16.3. The van der Waals surface area contributed by atoms with Gasteiger partial charge in [0.2, 0.25) is 0 Å². The van der Waals surface area contributed by atoms with Gasteiger partial charge in [-0.3, -0.25) is 4.90 Å². The summed E-state index contributed by atoms with van der Waals surface area (Å²) in [7, 11) is 0. The van der Waals surface area contributed by atoms with Crippen molar-refractivity contribution >= 4 is 11.9 Å². The van der Waals surface area contributed by atoms with Crippen LogP contribution in [0.1, 0.15) is 65.2 Å². The zero-order valence-corrected chi connectivity index (χ0v) is 16.3. The number of nitrogens with zero attached hydrogens (tertiary/aromatic N) is 1. The number of carboxylic acid groups (broad SMARTS) is 2. The van der Waals surface area contributed by atoms with Crippen LogP contribution in [0.4, 0.5) is 0 Å². The second-order valence-corrected chi connectivity index (χ2v) is 7.24. The molecule has 1 fully saturated rings. The van der Waals surface area contributed by atoms with E-state index >= 15 is 0 Å². The van der Waals surface area contributed by atoms with E-state index in [4.69, 9.17) is 4.74 Å². The molecule has 0 radical (unpaired) electrons. The second-order valence-electron chi connectivity index (χ2n) is 7.24. The number of carbonyl (C=O) groups is 2. The number of hydrogen-bond acceptors (Lipinski definition) is 4. The summed E-state index contributed by atoms with van der Waals surface area (Å²) in [5.41, 5.74) is 0.181. The van der Waals surface area contributed by atoms with Gasteiger partial charge in [0.25, 0.3) is 0 Å². The summed E-state index contributed by atoms with van der Waals surface area (Å²) in [5, 5.41) is 18.9. The van der Waals surface area contributed by atoms with E-state index in [1.807, 2.05) is 0 Å². The maximum atomic E-state index is 11.5. The van der Waals surface area contributed by atoms with Crippen LogP contribution < -0.4 is 0 Å². The molecule has 1 aliphatic rings. The van der Waals surface area contributed by atoms with Crippen LogP contribution in [0.25, 0.3) is 0 Å². The monoisotopic (exact) mass is 369 g/mol. The Hall–Kier alpha value is -1.40. The molecule has 150 valence electrons. The lowest BCUT2D eigenvalue weighted by Gasteiger charge is -2.26. The average molecular weight is 370 g/mol. The van der Waals surface area contributed by atoms with E-state index in [1.54, 1.807) is 0 Å². The molecule has 1 saturated heterocycles. The fraction of sp³-hybridized carbons (Fsp3) is 0.800. The molecule has 0 amide bonds. The van der Waals surface area contributed by atoms with Crippen molar-refractivity contribution in [1.29, 1.82) is 0 Å². The van der Waals surface area contributed by atoms with Crippen LogP contribution in [0.2, 0.25) is 0 Å². The molecule has 0 aromatic heterocycles. The highest BCUT2D eigenvalue weighted by molar-refractivity contribution is 5.98. The largest absolute Gasteiger partial charge is 0.478 e. The molecule has 1 unspecified atom stereocenters. The number of aliphatic carboxylic acids is 2. The predicted molar refractivity (Wildman–Crippen MR) is 101 cm³/mol. The van der Waals surface area contributed by atoms with Crippen molar-refractivity contribution < 1.29 is 24.5 Å². The molecule has 0 saturated carbocycles. The summed E-state index contributed by atoms with van der Waals surface area (Å²) < 4.78 is 5.33. The van der Waals surface area contributed by atoms with Crippen LogP contribution in [0.3, 0.4) is 0 Å². The Balaban J connectivity index is 2.41. The van der Waals surface area contributed by atoms with Crippen molar-refractivity contribution in [3.63, 3.8) is 0 Å². The highest BCUT2D eigenvalue weighted by atomic mass is 16.5. The van der Waals surface area contributed by atoms with Gasteiger partial charge in [0.05, 0.1) is 13.2 Å². The Morgan fingerprint density at radius 3 is 2.12 bits per heavy atom. The van der Waals surface area contributed by atoms with Gasteiger partial charge in [-0.15, -0.1) is 0 Å². The van der Waals surface area contributed by atoms with Crippen molar-refractivity contribution in [3.8, 4) is 0 Å². The normalized spacial score (nSPS) is 17.6. The first kappa shape index (κ1) is 22.6. The van der Waals surface area contributed by atoms with E-state index in [-0.39, 0.29) is 11.1 Å². The van der Waals surface area contributed by atoms with E-state index in [2.05, 4.69) is 18.7 Å². The minimum absolute atomic E-state index is 0.0890. The van der Waals surface area contributed by atoms with Gasteiger partial charge in [0.1, 0.15) is 0 Å². The van der Waals surface area contributed by atoms with Crippen molar-refractivity contribution in [2.75, 3.05) is 32.8 Å². The molecule has 1 heterocycles. The molecule has 0 spiro atoms. The van der Waals surface area contributed by atoms with Gasteiger partial charge in [-0.25, -0.2) is 9.59 Å². The summed E-state index contributed by atoms with van der Waals surface area (Å²) in [6.45, 7) is 8.77. The van der Waals surface area contributed by atoms with Gasteiger partial charge in [-0.2, -0.15) is 0 Å². The number of rotatable bonds is 13. The topological polar surface area (TPSA) is 87.1 Å². The van der Waals surface area contributed by atoms with Crippen LogP contribution in [-0.2, 0) is 14.3 Å². The molecule has 6 nitrogen and oxygen atoms in total. The molecule has 2 N–H and O–H groups in total. The first-order valence-electron chi connectivity index (χ1n) is 9.94. The van der Waals surface area contributed by atoms with Crippen LogP contribution >= 0.6 is 0 Å². The highest BCUT2D eigenvalue weighted by Gasteiger charge is 2.20. The third-order valence-electron chi connectivity index (χ3n) is 5.22. The quantitative estimate of drug-likeness (QED) is 0.381. The van der Waals surface area contributed by atoms with E-state index < -0.39 is 11.9 Å². The Kier molecular flexibility index (Phi) is 11.2. The smallest absolute Gasteiger partial charge is 0.332 e. The molecule has 0 bridgehead atoms. The fourth-order valence-electron chi connectivity index (χ4n) is 3.18. The lowest BCUT2D eigenvalue weighted by Crippen LogP contribution is -2.36. The maximum absolute atomic E-state index is 11.5. The summed E-state index contributed by atoms with van der Waals surface area (Å²) in [6.07, 6.45) is 6.15. The van der Waals surface area contributed by atoms with E-state index in [0.717, 1.165) is 65.0 Å². The Morgan fingerprint density at radius 1 is 0.962 bits per heavy atom. The Bertz CT molecular complexity index is 469. The third-order valence-corrected chi connectivity index (χ3v) is 5.22. The minimum atomic E-state index is -1.09. The summed E-state index contributed by atoms with van der Waals surface area (Å²) in [5.74, 6) is -1.77. The Morgan fingerprint density at radius 2 is 1.54 bits per heavy atom. The third kappa shape index (κ3) is 8.81. The maximum Gasteiger partial charge on any atom is 0.332 e. The average Bonchev–Trinajstić information content (AvgIpc) is 2.62. The fourth-order valence-corrected chi connectivity index (χ4v) is 3.18. The lowest BCUT2D eigenvalue weighted by atomic mass is 9.93. The van der Waals surface area contributed by atoms with E-state index in [9.17, 15) is 19.8 Å². The van der Waals surface area contributed by atoms with Gasteiger partial charge in [-0.1, -0.05) is 33.1 Å². The Labute approximate surface area is 157 Å². The number of hydrogen-bond donors (Lipinski definition) is 2. The van der Waals surface area contributed by atoms with E-state index in [0.29, 0.717) is 25.2 Å². The van der Waals surface area contributed by atoms with E-state index in [1.165, 1.54) is 0 Å². The summed E-state index contributed by atoms with van der Waals surface area (Å²) >= 11 is 0. The molecule has 0 aromatic carbocycles. The SMILES string of the molecule is CCC(C)CC/C(C(=O)O)=C(/CCCCCCN1CCOCC1)C(=O)O. The standard InChI is InChI=1S/C20H35NO5/c1-3-16(2)9-10-18(20(24)25)17(19(22)23)8-6-4-5-7-11-21-12-14-26-15-13-21/h16H,3-15H2,1-2H3,(H,22,23)(H,24,25)/b18-17+. The lowest BCUT2D eigenvalue weighted by molar-refractivity contribution is -0.136. The van der Waals surface area contributed by atoms with Crippen molar-refractivity contribution in [1.82, 2.24) is 4.90 Å². The van der Waals surface area contributed by atoms with Gasteiger partial charge >= 0.3 is 11.9 Å². The molecule has 1 aliphatic heterocycles. The van der Waals surface area contributed by atoms with Gasteiger partial charge in [0, 0.05) is 24.2 Å². The van der Waals surface area contributed by atoms with Gasteiger partial charge in [0.15, 0.2) is 0 Å². The molecule has 1 rings (SSSR count). The van der Waals surface area contributed by atoms with Crippen molar-refractivity contribution in [2.45, 2.75) is 65.2 Å². The van der Waals surface area contributed by atoms with Gasteiger partial charge < -0.3 is 14.9 Å². The van der Waals surface area contributed by atoms with Gasteiger partial charge in [-0.05, 0) is 44.6 Å². The highest BCUT2D eigenvalue weighted by Crippen LogP contribution is 2.22. The molecular formula is C20H35NO5. The summed E-state index contributed by atoms with van der Waals surface area (Å²) in [4.78, 5) is 25.5. The van der Waals surface area contributed by atoms with Crippen LogP contribution in [0.15, 0.2) is 11.1 Å². The van der Waals surface area contributed by atoms with Crippen LogP contribution in [0.5, 0.6) is 0 Å². The first-order chi connectivity index (χ1) is 12.5. The number of ether oxygens (including phenoxy) is 1. The van der Waals surface area contributed by atoms with Crippen LogP contribution in [-0.4, -0.2) is 59.9 Å². The first-order valence-corrected chi connectivity index (χ1v) is 9.94. The number of morpholine rings is 1. The van der Waals surface area contributed by atoms with Crippen LogP contribution in [0, 0.1) is 5.92 Å². The number of unbranched alkanes of at least 4 members (excludes halogenated alkanes) is 3. The molecule has 6 heteroatoms. The summed E-state index contributed by atoms with van der Waals surface area (Å²) in [6, 6.07) is 0. The van der Waals surface area contributed by atoms with Crippen molar-refractivity contribution in [2.24, 2.45) is 5.92 Å².